The van der Waals surface area contributed by atoms with E-state index < -0.39 is 34.2 Å². The first kappa shape index (κ1) is 32.8. The molecule has 2 radical (unpaired) electrons. The lowest BCUT2D eigenvalue weighted by molar-refractivity contribution is -0.0426. The van der Waals surface area contributed by atoms with Gasteiger partial charge in [-0.25, -0.2) is 0 Å². The lowest BCUT2D eigenvalue weighted by atomic mass is 10.3. The standard InChI is InChI=1S/C24H54N2O6Si4/c1-27-23(33(3)4)25-15-21(31-35(7,8)19-25)17-29-13-11-12-14-30-18-22-16-26(20-36(9,10)32-22)24(28-2)34(5)6/h21-24H,11-20H2,1-10H3. The molecule has 0 aromatic heterocycles. The fraction of sp³-hybridized carbons (Fsp3) is 1.00. The third-order valence-electron chi connectivity index (χ3n) is 6.55. The maximum atomic E-state index is 6.44. The highest BCUT2D eigenvalue weighted by atomic mass is 28.4. The lowest BCUT2D eigenvalue weighted by Gasteiger charge is -2.45. The smallest absolute Gasteiger partial charge is 0.201 e. The summed E-state index contributed by atoms with van der Waals surface area (Å²) in [7, 11) is -0.911. The van der Waals surface area contributed by atoms with E-state index in [1.807, 2.05) is 14.2 Å². The summed E-state index contributed by atoms with van der Waals surface area (Å²) in [6.07, 6.45) is 4.33. The van der Waals surface area contributed by atoms with Gasteiger partial charge in [0.1, 0.15) is 0 Å². The van der Waals surface area contributed by atoms with Gasteiger partial charge in [0.25, 0.3) is 0 Å². The van der Waals surface area contributed by atoms with Crippen molar-refractivity contribution in [3.05, 3.63) is 0 Å². The van der Waals surface area contributed by atoms with E-state index in [0.29, 0.717) is 13.2 Å². The van der Waals surface area contributed by atoms with E-state index in [0.717, 1.165) is 51.5 Å². The first-order valence-corrected chi connectivity index (χ1v) is 24.9. The molecule has 4 unspecified atom stereocenters. The van der Waals surface area contributed by atoms with Gasteiger partial charge < -0.3 is 27.8 Å². The highest BCUT2D eigenvalue weighted by Crippen LogP contribution is 2.23. The second-order valence-corrected chi connectivity index (χ2v) is 25.5. The summed E-state index contributed by atoms with van der Waals surface area (Å²) < 4.78 is 36.6. The molecule has 0 bridgehead atoms. The van der Waals surface area contributed by atoms with Gasteiger partial charge in [-0.05, 0) is 39.0 Å². The molecule has 2 saturated heterocycles. The molecule has 0 spiro atoms. The Morgan fingerprint density at radius 2 is 1.08 bits per heavy atom. The molecular weight excluding hydrogens is 525 g/mol. The summed E-state index contributed by atoms with van der Waals surface area (Å²) in [6.45, 7) is 23.1. The normalized spacial score (nSPS) is 27.0. The third kappa shape index (κ3) is 11.0. The molecule has 36 heavy (non-hydrogen) atoms. The number of nitrogens with zero attached hydrogens (tertiary/aromatic N) is 2. The molecule has 0 N–H and O–H groups in total. The van der Waals surface area contributed by atoms with Gasteiger partial charge in [0.2, 0.25) is 16.6 Å². The van der Waals surface area contributed by atoms with Crippen LogP contribution in [0.4, 0.5) is 0 Å². The van der Waals surface area contributed by atoms with Crippen LogP contribution < -0.4 is 0 Å². The van der Waals surface area contributed by atoms with E-state index in [1.165, 1.54) is 0 Å². The third-order valence-corrected chi connectivity index (χ3v) is 14.0. The van der Waals surface area contributed by atoms with Crippen molar-refractivity contribution in [1.29, 1.82) is 0 Å². The molecular formula is C24H54N2O6Si4. The Morgan fingerprint density at radius 3 is 1.39 bits per heavy atom. The van der Waals surface area contributed by atoms with Crippen LogP contribution in [0.2, 0.25) is 52.4 Å². The number of rotatable bonds is 15. The van der Waals surface area contributed by atoms with Gasteiger partial charge in [0.05, 0.1) is 54.7 Å². The number of ether oxygens (including phenoxy) is 4. The molecule has 0 amide bonds. The fourth-order valence-corrected chi connectivity index (χ4v) is 13.5. The van der Waals surface area contributed by atoms with Crippen LogP contribution in [0.25, 0.3) is 0 Å². The quantitative estimate of drug-likeness (QED) is 0.217. The van der Waals surface area contributed by atoms with E-state index >= 15 is 0 Å². The molecule has 2 fully saturated rings. The topological polar surface area (TPSA) is 61.9 Å². The van der Waals surface area contributed by atoms with Crippen molar-refractivity contribution in [2.45, 2.75) is 89.1 Å². The minimum Gasteiger partial charge on any atom is -0.410 e. The SMILES string of the molecule is COC(N1CC(COCCCCOCC2CN(C(OC)[Si](C)C)C[Si](C)(C)O2)O[Si](C)(C)C1)[Si](C)C. The van der Waals surface area contributed by atoms with Crippen molar-refractivity contribution in [3.63, 3.8) is 0 Å². The van der Waals surface area contributed by atoms with Crippen LogP contribution in [0.1, 0.15) is 12.8 Å². The Labute approximate surface area is 226 Å². The Hall–Kier alpha value is 0.548. The first-order chi connectivity index (χ1) is 16.9. The number of methoxy groups -OCH3 is 2. The van der Waals surface area contributed by atoms with Crippen molar-refractivity contribution in [1.82, 2.24) is 9.80 Å². The molecule has 2 rings (SSSR count). The molecule has 2 aliphatic rings. The maximum absolute atomic E-state index is 6.44. The minimum atomic E-state index is -1.73. The van der Waals surface area contributed by atoms with Gasteiger partial charge in [-0.1, -0.05) is 26.2 Å². The molecule has 212 valence electrons. The highest BCUT2D eigenvalue weighted by Gasteiger charge is 2.40. The summed E-state index contributed by atoms with van der Waals surface area (Å²) in [5.41, 5.74) is 0. The van der Waals surface area contributed by atoms with Gasteiger partial charge in [-0.3, -0.25) is 9.80 Å². The van der Waals surface area contributed by atoms with Crippen LogP contribution in [-0.4, -0.2) is 134 Å². The van der Waals surface area contributed by atoms with Crippen LogP contribution in [0.5, 0.6) is 0 Å². The average molecular weight is 579 g/mol. The molecule has 0 aromatic rings. The molecule has 0 saturated carbocycles. The Bertz CT molecular complexity index is 579. The second-order valence-electron chi connectivity index (χ2n) is 12.0. The van der Waals surface area contributed by atoms with E-state index in [-0.39, 0.29) is 23.9 Å². The molecule has 4 atom stereocenters. The Kier molecular flexibility index (Phi) is 14.0. The zero-order valence-corrected chi connectivity index (χ0v) is 28.7. The molecule has 8 nitrogen and oxygen atoms in total. The molecule has 0 aliphatic carbocycles. The van der Waals surface area contributed by atoms with Crippen molar-refractivity contribution >= 4 is 34.2 Å². The van der Waals surface area contributed by atoms with Gasteiger partial charge >= 0.3 is 0 Å². The predicted octanol–water partition coefficient (Wildman–Crippen LogP) is 3.22. The average Bonchev–Trinajstić information content (AvgIpc) is 2.74. The first-order valence-electron chi connectivity index (χ1n) is 13.5. The minimum absolute atomic E-state index is 0.138. The van der Waals surface area contributed by atoms with Crippen LogP contribution >= 0.6 is 0 Å². The van der Waals surface area contributed by atoms with E-state index in [4.69, 9.17) is 27.8 Å². The van der Waals surface area contributed by atoms with Crippen molar-refractivity contribution in [2.75, 3.05) is 66.1 Å². The number of hydrogen-bond donors (Lipinski definition) is 0. The van der Waals surface area contributed by atoms with Crippen molar-refractivity contribution in [3.8, 4) is 0 Å². The van der Waals surface area contributed by atoms with E-state index in [2.05, 4.69) is 62.2 Å². The zero-order valence-electron chi connectivity index (χ0n) is 24.7. The lowest BCUT2D eigenvalue weighted by Crippen LogP contribution is -2.62. The van der Waals surface area contributed by atoms with Crippen LogP contribution in [0.3, 0.4) is 0 Å². The van der Waals surface area contributed by atoms with E-state index in [1.54, 1.807) is 0 Å². The Balaban J connectivity index is 1.65. The summed E-state index contributed by atoms with van der Waals surface area (Å²) in [5.74, 6) is 0.483. The largest absolute Gasteiger partial charge is 0.410 e. The second kappa shape index (κ2) is 15.4. The fourth-order valence-electron chi connectivity index (χ4n) is 5.55. The van der Waals surface area contributed by atoms with Gasteiger partial charge in [0.15, 0.2) is 0 Å². The highest BCUT2D eigenvalue weighted by molar-refractivity contribution is 6.72. The summed E-state index contributed by atoms with van der Waals surface area (Å²) in [5, 5.41) is 0. The summed E-state index contributed by atoms with van der Waals surface area (Å²) in [6, 6.07) is 0. The van der Waals surface area contributed by atoms with Crippen molar-refractivity contribution < 1.29 is 27.8 Å². The van der Waals surface area contributed by atoms with Crippen LogP contribution in [0.15, 0.2) is 0 Å². The van der Waals surface area contributed by atoms with Gasteiger partial charge in [-0.15, -0.1) is 0 Å². The number of hydrogen-bond acceptors (Lipinski definition) is 8. The predicted molar refractivity (Wildman–Crippen MR) is 155 cm³/mol. The molecule has 0 aromatic carbocycles. The van der Waals surface area contributed by atoms with Gasteiger partial charge in [-0.2, -0.15) is 0 Å². The summed E-state index contributed by atoms with van der Waals surface area (Å²) in [4.78, 5) is 5.00. The van der Waals surface area contributed by atoms with E-state index in [9.17, 15) is 0 Å². The van der Waals surface area contributed by atoms with Crippen LogP contribution in [-0.2, 0) is 27.8 Å². The molecule has 12 heteroatoms. The number of unbranched alkanes of at least 4 members (excludes halogenated alkanes) is 1. The van der Waals surface area contributed by atoms with Crippen LogP contribution in [0, 0.1) is 0 Å². The maximum Gasteiger partial charge on any atom is 0.201 e. The zero-order chi connectivity index (χ0) is 26.9. The van der Waals surface area contributed by atoms with Crippen molar-refractivity contribution in [2.24, 2.45) is 0 Å². The molecule has 2 heterocycles. The monoisotopic (exact) mass is 578 g/mol. The molecule has 2 aliphatic heterocycles. The van der Waals surface area contributed by atoms with Gasteiger partial charge in [0, 0.05) is 52.9 Å². The Morgan fingerprint density at radius 1 is 0.722 bits per heavy atom. The summed E-state index contributed by atoms with van der Waals surface area (Å²) >= 11 is 0.